The largest absolute Gasteiger partial charge is 0.496 e. The lowest BCUT2D eigenvalue weighted by Gasteiger charge is -2.23. The number of hydrogen-bond donors (Lipinski definition) is 0. The first kappa shape index (κ1) is 11.6. The minimum Gasteiger partial charge on any atom is -0.496 e. The van der Waals surface area contributed by atoms with Gasteiger partial charge in [0.2, 0.25) is 0 Å². The first-order valence-electron chi connectivity index (χ1n) is 6.62. The van der Waals surface area contributed by atoms with Gasteiger partial charge in [0.25, 0.3) is 0 Å². The maximum absolute atomic E-state index is 5.80. The highest BCUT2D eigenvalue weighted by Gasteiger charge is 2.15. The Morgan fingerprint density at radius 1 is 1.33 bits per heavy atom. The molecule has 96 valence electrons. The van der Waals surface area contributed by atoms with Crippen LogP contribution < -0.4 is 4.74 Å². The molecule has 1 unspecified atom stereocenters. The summed E-state index contributed by atoms with van der Waals surface area (Å²) in [4.78, 5) is 0. The summed E-state index contributed by atoms with van der Waals surface area (Å²) in [6.07, 6.45) is 6.15. The smallest absolute Gasteiger partial charge is 0.128 e. The normalized spacial score (nSPS) is 20.2. The highest BCUT2D eigenvalue weighted by Crippen LogP contribution is 2.27. The SMILES string of the molecule is COc1cccc2c1ccn2CC1CCCCO1. The van der Waals surface area contributed by atoms with Crippen LogP contribution in [0.5, 0.6) is 5.75 Å². The summed E-state index contributed by atoms with van der Waals surface area (Å²) >= 11 is 0. The zero-order chi connectivity index (χ0) is 12.4. The molecule has 1 aliphatic rings. The summed E-state index contributed by atoms with van der Waals surface area (Å²) < 4.78 is 13.5. The van der Waals surface area contributed by atoms with Gasteiger partial charge in [-0.15, -0.1) is 0 Å². The predicted molar refractivity (Wildman–Crippen MR) is 72.1 cm³/mol. The van der Waals surface area contributed by atoms with Crippen molar-refractivity contribution in [2.24, 2.45) is 0 Å². The van der Waals surface area contributed by atoms with E-state index in [9.17, 15) is 0 Å². The maximum atomic E-state index is 5.80. The lowest BCUT2D eigenvalue weighted by Crippen LogP contribution is -2.24. The second kappa shape index (κ2) is 5.02. The molecule has 0 aliphatic carbocycles. The van der Waals surface area contributed by atoms with Crippen molar-refractivity contribution in [1.82, 2.24) is 4.57 Å². The van der Waals surface area contributed by atoms with Crippen LogP contribution in [-0.4, -0.2) is 24.4 Å². The molecule has 0 amide bonds. The van der Waals surface area contributed by atoms with Gasteiger partial charge in [-0.25, -0.2) is 0 Å². The molecule has 2 aromatic rings. The fraction of sp³-hybridized carbons (Fsp3) is 0.467. The van der Waals surface area contributed by atoms with Crippen LogP contribution in [0, 0.1) is 0 Å². The van der Waals surface area contributed by atoms with Crippen molar-refractivity contribution < 1.29 is 9.47 Å². The number of benzene rings is 1. The molecule has 1 aromatic heterocycles. The molecular weight excluding hydrogens is 226 g/mol. The van der Waals surface area contributed by atoms with Crippen molar-refractivity contribution in [1.29, 1.82) is 0 Å². The summed E-state index contributed by atoms with van der Waals surface area (Å²) in [5.74, 6) is 0.941. The molecule has 3 rings (SSSR count). The average Bonchev–Trinajstić information content (AvgIpc) is 2.83. The number of hydrogen-bond acceptors (Lipinski definition) is 2. The summed E-state index contributed by atoms with van der Waals surface area (Å²) in [6, 6.07) is 8.31. The van der Waals surface area contributed by atoms with E-state index in [4.69, 9.17) is 9.47 Å². The fourth-order valence-corrected chi connectivity index (χ4v) is 2.70. The van der Waals surface area contributed by atoms with Crippen LogP contribution in [0.3, 0.4) is 0 Å². The van der Waals surface area contributed by atoms with Crippen LogP contribution in [0.2, 0.25) is 0 Å². The van der Waals surface area contributed by atoms with E-state index >= 15 is 0 Å². The molecule has 0 bridgehead atoms. The van der Waals surface area contributed by atoms with E-state index in [1.54, 1.807) is 7.11 Å². The zero-order valence-electron chi connectivity index (χ0n) is 10.8. The van der Waals surface area contributed by atoms with Gasteiger partial charge in [-0.2, -0.15) is 0 Å². The Morgan fingerprint density at radius 3 is 3.06 bits per heavy atom. The molecule has 0 N–H and O–H groups in total. The number of ether oxygens (including phenoxy) is 2. The van der Waals surface area contributed by atoms with Gasteiger partial charge in [-0.05, 0) is 37.5 Å². The molecule has 0 spiro atoms. The minimum atomic E-state index is 0.362. The van der Waals surface area contributed by atoms with Crippen LogP contribution in [-0.2, 0) is 11.3 Å². The standard InChI is InChI=1S/C15H19NO2/c1-17-15-7-4-6-14-13(15)8-9-16(14)11-12-5-2-3-10-18-12/h4,6-9,12H,2-3,5,10-11H2,1H3. The van der Waals surface area contributed by atoms with E-state index in [0.29, 0.717) is 6.10 Å². The first-order chi connectivity index (χ1) is 8.88. The molecule has 1 aromatic carbocycles. The van der Waals surface area contributed by atoms with E-state index in [0.717, 1.165) is 18.9 Å². The maximum Gasteiger partial charge on any atom is 0.128 e. The van der Waals surface area contributed by atoms with Crippen molar-refractivity contribution in [2.75, 3.05) is 13.7 Å². The van der Waals surface area contributed by atoms with Crippen LogP contribution in [0.15, 0.2) is 30.5 Å². The van der Waals surface area contributed by atoms with Crippen LogP contribution >= 0.6 is 0 Å². The summed E-state index contributed by atoms with van der Waals surface area (Å²) in [6.45, 7) is 1.85. The van der Waals surface area contributed by atoms with Crippen LogP contribution in [0.25, 0.3) is 10.9 Å². The van der Waals surface area contributed by atoms with Gasteiger partial charge in [0.05, 0.1) is 18.7 Å². The third-order valence-corrected chi connectivity index (χ3v) is 3.67. The van der Waals surface area contributed by atoms with Gasteiger partial charge >= 0.3 is 0 Å². The Hall–Kier alpha value is -1.48. The Balaban J connectivity index is 1.88. The Labute approximate surface area is 107 Å². The number of nitrogens with zero attached hydrogens (tertiary/aromatic N) is 1. The second-order valence-electron chi connectivity index (χ2n) is 4.85. The molecule has 18 heavy (non-hydrogen) atoms. The number of rotatable bonds is 3. The quantitative estimate of drug-likeness (QED) is 0.829. The Morgan fingerprint density at radius 2 is 2.28 bits per heavy atom. The zero-order valence-corrected chi connectivity index (χ0v) is 10.8. The van der Waals surface area contributed by atoms with Crippen molar-refractivity contribution in [2.45, 2.75) is 31.9 Å². The van der Waals surface area contributed by atoms with Gasteiger partial charge in [0.15, 0.2) is 0 Å². The molecule has 3 nitrogen and oxygen atoms in total. The van der Waals surface area contributed by atoms with Crippen LogP contribution in [0.4, 0.5) is 0 Å². The fourth-order valence-electron chi connectivity index (χ4n) is 2.70. The van der Waals surface area contributed by atoms with E-state index in [2.05, 4.69) is 22.9 Å². The van der Waals surface area contributed by atoms with Crippen molar-refractivity contribution in [3.63, 3.8) is 0 Å². The van der Waals surface area contributed by atoms with Gasteiger partial charge < -0.3 is 14.0 Å². The van der Waals surface area contributed by atoms with E-state index in [-0.39, 0.29) is 0 Å². The second-order valence-corrected chi connectivity index (χ2v) is 4.85. The summed E-state index contributed by atoms with van der Waals surface area (Å²) in [5.41, 5.74) is 1.23. The van der Waals surface area contributed by atoms with Crippen molar-refractivity contribution >= 4 is 10.9 Å². The van der Waals surface area contributed by atoms with Crippen molar-refractivity contribution in [3.8, 4) is 5.75 Å². The average molecular weight is 245 g/mol. The van der Waals surface area contributed by atoms with Crippen molar-refractivity contribution in [3.05, 3.63) is 30.5 Å². The number of methoxy groups -OCH3 is 1. The molecular formula is C15H19NO2. The molecule has 0 saturated carbocycles. The summed E-state index contributed by atoms with van der Waals surface area (Å²) in [7, 11) is 1.72. The lowest BCUT2D eigenvalue weighted by molar-refractivity contribution is 0.00670. The highest BCUT2D eigenvalue weighted by atomic mass is 16.5. The lowest BCUT2D eigenvalue weighted by atomic mass is 10.1. The monoisotopic (exact) mass is 245 g/mol. The number of fused-ring (bicyclic) bond motifs is 1. The van der Waals surface area contributed by atoms with Gasteiger partial charge in [0, 0.05) is 24.7 Å². The molecule has 1 fully saturated rings. The summed E-state index contributed by atoms with van der Waals surface area (Å²) in [5, 5.41) is 1.18. The molecule has 1 saturated heterocycles. The first-order valence-corrected chi connectivity index (χ1v) is 6.62. The third kappa shape index (κ3) is 2.10. The van der Waals surface area contributed by atoms with E-state index < -0.39 is 0 Å². The van der Waals surface area contributed by atoms with Gasteiger partial charge in [0.1, 0.15) is 5.75 Å². The van der Waals surface area contributed by atoms with Crippen LogP contribution in [0.1, 0.15) is 19.3 Å². The molecule has 0 radical (unpaired) electrons. The molecule has 1 atom stereocenters. The molecule has 2 heterocycles. The third-order valence-electron chi connectivity index (χ3n) is 3.67. The Bertz CT molecular complexity index is 526. The predicted octanol–water partition coefficient (Wildman–Crippen LogP) is 3.22. The van der Waals surface area contributed by atoms with Gasteiger partial charge in [-0.1, -0.05) is 6.07 Å². The van der Waals surface area contributed by atoms with E-state index in [1.165, 1.54) is 30.2 Å². The minimum absolute atomic E-state index is 0.362. The molecule has 1 aliphatic heterocycles. The van der Waals surface area contributed by atoms with Gasteiger partial charge in [-0.3, -0.25) is 0 Å². The topological polar surface area (TPSA) is 23.4 Å². The Kier molecular flexibility index (Phi) is 3.24. The number of aromatic nitrogens is 1. The highest BCUT2D eigenvalue weighted by molar-refractivity contribution is 5.86. The molecule has 3 heteroatoms. The van der Waals surface area contributed by atoms with E-state index in [1.807, 2.05) is 12.1 Å².